The summed E-state index contributed by atoms with van der Waals surface area (Å²) in [7, 11) is 0. The van der Waals surface area contributed by atoms with Crippen LogP contribution in [0.4, 0.5) is 0 Å². The highest BCUT2D eigenvalue weighted by atomic mass is 32.1. The van der Waals surface area contributed by atoms with Crippen LogP contribution >= 0.6 is 11.5 Å². The number of nitrogens with one attached hydrogen (secondary N) is 1. The summed E-state index contributed by atoms with van der Waals surface area (Å²) in [4.78, 5) is 42.6. The molecule has 2 aromatic rings. The third-order valence-corrected chi connectivity index (χ3v) is 8.31. The molecule has 8 heteroatoms. The molecule has 7 nitrogen and oxygen atoms in total. The van der Waals surface area contributed by atoms with E-state index in [1.165, 1.54) is 18.0 Å². The van der Waals surface area contributed by atoms with Crippen LogP contribution in [-0.4, -0.2) is 50.7 Å². The normalized spacial score (nSPS) is 20.4. The Bertz CT molecular complexity index is 1020. The lowest BCUT2D eigenvalue weighted by atomic mass is 9.83. The van der Waals surface area contributed by atoms with Crippen molar-refractivity contribution >= 4 is 29.1 Å². The number of rotatable bonds is 9. The lowest BCUT2D eigenvalue weighted by Gasteiger charge is -2.35. The number of amides is 2. The highest BCUT2D eigenvalue weighted by Gasteiger charge is 2.41. The summed E-state index contributed by atoms with van der Waals surface area (Å²) in [5.74, 6) is -0.136. The number of nitrogens with zero attached hydrogens (tertiary/aromatic N) is 3. The van der Waals surface area contributed by atoms with Crippen molar-refractivity contribution in [2.75, 3.05) is 6.54 Å². The van der Waals surface area contributed by atoms with Gasteiger partial charge in [0.25, 0.3) is 0 Å². The van der Waals surface area contributed by atoms with Gasteiger partial charge in [0.05, 0.1) is 10.9 Å². The molecule has 0 unspecified atom stereocenters. The maximum absolute atomic E-state index is 13.8. The van der Waals surface area contributed by atoms with Crippen LogP contribution in [0.25, 0.3) is 11.3 Å². The quantitative estimate of drug-likeness (QED) is 0.555. The molecule has 2 heterocycles. The van der Waals surface area contributed by atoms with Crippen molar-refractivity contribution in [3.05, 3.63) is 35.2 Å². The van der Waals surface area contributed by atoms with E-state index in [2.05, 4.69) is 14.9 Å². The second-order valence-corrected chi connectivity index (χ2v) is 10.8. The molecule has 1 saturated carbocycles. The first-order chi connectivity index (χ1) is 17.0. The van der Waals surface area contributed by atoms with Crippen molar-refractivity contribution < 1.29 is 14.4 Å². The molecule has 1 aliphatic carbocycles. The Labute approximate surface area is 211 Å². The van der Waals surface area contributed by atoms with Gasteiger partial charge in [-0.1, -0.05) is 67.9 Å². The number of benzene rings is 1. The lowest BCUT2D eigenvalue weighted by molar-refractivity contribution is -0.142. The van der Waals surface area contributed by atoms with Gasteiger partial charge < -0.3 is 10.2 Å². The second kappa shape index (κ2) is 11.9. The third kappa shape index (κ3) is 5.97. The Morgan fingerprint density at radius 3 is 2.54 bits per heavy atom. The van der Waals surface area contributed by atoms with E-state index in [9.17, 15) is 14.4 Å². The van der Waals surface area contributed by atoms with E-state index in [0.717, 1.165) is 54.7 Å². The number of carbonyl (C=O) groups excluding carboxylic acids is 3. The number of aromatic nitrogens is 2. The summed E-state index contributed by atoms with van der Waals surface area (Å²) in [6, 6.07) is 8.75. The van der Waals surface area contributed by atoms with Crippen LogP contribution in [0.3, 0.4) is 0 Å². The minimum Gasteiger partial charge on any atom is -0.344 e. The lowest BCUT2D eigenvalue weighted by Crippen LogP contribution is -2.55. The molecule has 1 saturated heterocycles. The first-order valence-electron chi connectivity index (χ1n) is 13.0. The van der Waals surface area contributed by atoms with Crippen LogP contribution < -0.4 is 5.32 Å². The van der Waals surface area contributed by atoms with Crippen LogP contribution in [0.1, 0.15) is 70.1 Å². The summed E-state index contributed by atoms with van der Waals surface area (Å²) in [6.07, 6.45) is 7.62. The summed E-state index contributed by atoms with van der Waals surface area (Å²) < 4.78 is 4.09. The molecule has 3 atom stereocenters. The number of carbonyl (C=O) groups is 3. The van der Waals surface area contributed by atoms with Gasteiger partial charge in [0.2, 0.25) is 11.8 Å². The minimum absolute atomic E-state index is 0.0229. The van der Waals surface area contributed by atoms with Crippen LogP contribution in [0.2, 0.25) is 0 Å². The van der Waals surface area contributed by atoms with Crippen LogP contribution in [0.5, 0.6) is 0 Å². The van der Waals surface area contributed by atoms with Crippen molar-refractivity contribution in [3.63, 3.8) is 0 Å². The SMILES string of the molecule is CC[C@@H](C)C(=O)N[C@@H](C(=O)N1CCC[C@H]1C(=O)Cc1snnc1-c1ccccc1)C1CCCCC1. The fourth-order valence-corrected chi connectivity index (χ4v) is 5.96. The van der Waals surface area contributed by atoms with E-state index in [1.807, 2.05) is 44.2 Å². The van der Waals surface area contributed by atoms with Gasteiger partial charge in [0.1, 0.15) is 11.7 Å². The van der Waals surface area contributed by atoms with E-state index in [1.54, 1.807) is 4.90 Å². The van der Waals surface area contributed by atoms with E-state index in [-0.39, 0.29) is 35.9 Å². The molecule has 2 aliphatic rings. The van der Waals surface area contributed by atoms with Gasteiger partial charge in [0.15, 0.2) is 5.78 Å². The minimum atomic E-state index is -0.546. The van der Waals surface area contributed by atoms with Crippen molar-refractivity contribution in [1.82, 2.24) is 19.8 Å². The maximum Gasteiger partial charge on any atom is 0.246 e. The van der Waals surface area contributed by atoms with Gasteiger partial charge in [-0.25, -0.2) is 0 Å². The van der Waals surface area contributed by atoms with E-state index in [4.69, 9.17) is 0 Å². The number of ketones is 1. The predicted molar refractivity (Wildman–Crippen MR) is 137 cm³/mol. The summed E-state index contributed by atoms with van der Waals surface area (Å²) in [5.41, 5.74) is 1.68. The Morgan fingerprint density at radius 1 is 1.09 bits per heavy atom. The maximum atomic E-state index is 13.8. The van der Waals surface area contributed by atoms with Gasteiger partial charge in [-0.2, -0.15) is 0 Å². The standard InChI is InChI=1S/C27H36N4O3S/c1-3-18(2)26(33)28-25(20-13-8-5-9-14-20)27(34)31-16-10-15-21(31)22(32)17-23-24(29-30-35-23)19-11-6-4-7-12-19/h4,6-7,11-12,18,20-21,25H,3,5,8-10,13-17H2,1-2H3,(H,28,33)/t18-,21+,25-/m1/s1. The molecule has 4 rings (SSSR count). The Hall–Kier alpha value is -2.61. The molecule has 0 spiro atoms. The molecule has 188 valence electrons. The molecule has 1 aromatic heterocycles. The summed E-state index contributed by atoms with van der Waals surface area (Å²) >= 11 is 1.24. The predicted octanol–water partition coefficient (Wildman–Crippen LogP) is 4.42. The molecule has 0 radical (unpaired) electrons. The zero-order chi connectivity index (χ0) is 24.8. The summed E-state index contributed by atoms with van der Waals surface area (Å²) in [6.45, 7) is 4.44. The van der Waals surface area contributed by atoms with Crippen molar-refractivity contribution in [1.29, 1.82) is 0 Å². The van der Waals surface area contributed by atoms with Gasteiger partial charge in [-0.3, -0.25) is 14.4 Å². The van der Waals surface area contributed by atoms with E-state index >= 15 is 0 Å². The van der Waals surface area contributed by atoms with E-state index < -0.39 is 12.1 Å². The fraction of sp³-hybridized carbons (Fsp3) is 0.593. The van der Waals surface area contributed by atoms with Crippen molar-refractivity contribution in [2.45, 2.75) is 83.7 Å². The Morgan fingerprint density at radius 2 is 1.83 bits per heavy atom. The van der Waals surface area contributed by atoms with Crippen LogP contribution in [0.15, 0.2) is 30.3 Å². The number of hydrogen-bond acceptors (Lipinski definition) is 6. The zero-order valence-corrected chi connectivity index (χ0v) is 21.6. The third-order valence-electron chi connectivity index (χ3n) is 7.59. The van der Waals surface area contributed by atoms with E-state index in [0.29, 0.717) is 13.0 Å². The monoisotopic (exact) mass is 496 g/mol. The van der Waals surface area contributed by atoms with Gasteiger partial charge >= 0.3 is 0 Å². The van der Waals surface area contributed by atoms with Gasteiger partial charge in [-0.15, -0.1) is 5.10 Å². The molecule has 35 heavy (non-hydrogen) atoms. The molecular formula is C27H36N4O3S. The highest BCUT2D eigenvalue weighted by Crippen LogP contribution is 2.31. The molecule has 2 fully saturated rings. The largest absolute Gasteiger partial charge is 0.344 e. The highest BCUT2D eigenvalue weighted by molar-refractivity contribution is 7.06. The molecular weight excluding hydrogens is 460 g/mol. The average Bonchev–Trinajstić information content (AvgIpc) is 3.57. The van der Waals surface area contributed by atoms with Crippen LogP contribution in [-0.2, 0) is 20.8 Å². The van der Waals surface area contributed by atoms with Crippen molar-refractivity contribution in [2.24, 2.45) is 11.8 Å². The first-order valence-corrected chi connectivity index (χ1v) is 13.8. The fourth-order valence-electron chi connectivity index (χ4n) is 5.29. The number of hydrogen-bond donors (Lipinski definition) is 1. The smallest absolute Gasteiger partial charge is 0.246 e. The molecule has 2 amide bonds. The number of Topliss-reactive ketones (excluding diaryl/α,β-unsaturated/α-hetero) is 1. The topological polar surface area (TPSA) is 92.3 Å². The number of likely N-dealkylation sites (tertiary alicyclic amines) is 1. The van der Waals surface area contributed by atoms with Crippen LogP contribution in [0, 0.1) is 11.8 Å². The first kappa shape index (κ1) is 25.5. The molecule has 1 N–H and O–H groups in total. The van der Waals surface area contributed by atoms with Gasteiger partial charge in [0, 0.05) is 24.4 Å². The molecule has 0 bridgehead atoms. The summed E-state index contributed by atoms with van der Waals surface area (Å²) in [5, 5.41) is 7.35. The van der Waals surface area contributed by atoms with Crippen molar-refractivity contribution in [3.8, 4) is 11.3 Å². The van der Waals surface area contributed by atoms with Gasteiger partial charge in [-0.05, 0) is 49.6 Å². The Kier molecular flexibility index (Phi) is 8.65. The molecule has 1 aromatic carbocycles. The zero-order valence-electron chi connectivity index (χ0n) is 20.7. The average molecular weight is 497 g/mol. The second-order valence-electron chi connectivity index (χ2n) is 9.94. The Balaban J connectivity index is 1.50. The molecule has 1 aliphatic heterocycles.